The summed E-state index contributed by atoms with van der Waals surface area (Å²) in [5, 5.41) is 0.930. The van der Waals surface area contributed by atoms with Crippen molar-refractivity contribution in [2.45, 2.75) is 19.1 Å². The zero-order chi connectivity index (χ0) is 22.5. The third-order valence-corrected chi connectivity index (χ3v) is 6.30. The minimum Gasteiger partial charge on any atom is -0.479 e. The van der Waals surface area contributed by atoms with Crippen molar-refractivity contribution >= 4 is 29.1 Å². The molecule has 1 aliphatic heterocycles. The van der Waals surface area contributed by atoms with Gasteiger partial charge >= 0.3 is 0 Å². The first kappa shape index (κ1) is 22.7. The Morgan fingerprint density at radius 2 is 1.41 bits per heavy atom. The largest absolute Gasteiger partial charge is 0.479 e. The van der Waals surface area contributed by atoms with Crippen molar-refractivity contribution in [1.82, 2.24) is 9.80 Å². The Morgan fingerprint density at radius 3 is 1.94 bits per heavy atom. The summed E-state index contributed by atoms with van der Waals surface area (Å²) >= 11 is 12.1. The smallest absolute Gasteiger partial charge is 0.263 e. The molecule has 0 aliphatic carbocycles. The van der Waals surface area contributed by atoms with Gasteiger partial charge in [-0.3, -0.25) is 9.69 Å². The zero-order valence-corrected chi connectivity index (χ0v) is 19.5. The van der Waals surface area contributed by atoms with Crippen LogP contribution in [0.2, 0.25) is 10.0 Å². The molecule has 1 heterocycles. The number of hydrogen-bond acceptors (Lipinski definition) is 3. The molecule has 0 N–H and O–H groups in total. The summed E-state index contributed by atoms with van der Waals surface area (Å²) in [7, 11) is 0. The summed E-state index contributed by atoms with van der Waals surface area (Å²) in [4.78, 5) is 17.3. The van der Waals surface area contributed by atoms with Crippen molar-refractivity contribution in [3.05, 3.63) is 100 Å². The monoisotopic (exact) mass is 468 g/mol. The van der Waals surface area contributed by atoms with Gasteiger partial charge in [-0.2, -0.15) is 0 Å². The molecule has 6 heteroatoms. The molecule has 32 heavy (non-hydrogen) atoms. The first-order valence-corrected chi connectivity index (χ1v) is 11.5. The van der Waals surface area contributed by atoms with E-state index in [0.717, 1.165) is 13.1 Å². The van der Waals surface area contributed by atoms with Crippen LogP contribution >= 0.6 is 23.2 Å². The molecular formula is C26H26Cl2N2O2. The van der Waals surface area contributed by atoms with Crippen molar-refractivity contribution in [2.75, 3.05) is 26.2 Å². The van der Waals surface area contributed by atoms with Gasteiger partial charge in [0.15, 0.2) is 6.10 Å². The maximum absolute atomic E-state index is 13.0. The van der Waals surface area contributed by atoms with Gasteiger partial charge in [-0.1, -0.05) is 83.9 Å². The maximum atomic E-state index is 13.0. The lowest BCUT2D eigenvalue weighted by molar-refractivity contribution is -0.140. The second-order valence-electron chi connectivity index (χ2n) is 7.92. The van der Waals surface area contributed by atoms with E-state index in [1.165, 1.54) is 11.1 Å². The van der Waals surface area contributed by atoms with E-state index in [4.69, 9.17) is 27.9 Å². The van der Waals surface area contributed by atoms with E-state index in [1.807, 2.05) is 17.0 Å². The molecular weight excluding hydrogens is 443 g/mol. The van der Waals surface area contributed by atoms with Gasteiger partial charge in [-0.15, -0.1) is 0 Å². The number of piperazine rings is 1. The van der Waals surface area contributed by atoms with Crippen LogP contribution in [0, 0.1) is 0 Å². The van der Waals surface area contributed by atoms with Gasteiger partial charge < -0.3 is 9.64 Å². The summed E-state index contributed by atoms with van der Waals surface area (Å²) in [5.74, 6) is 0.426. The van der Waals surface area contributed by atoms with Crippen molar-refractivity contribution in [3.8, 4) is 5.75 Å². The molecule has 0 spiro atoms. The van der Waals surface area contributed by atoms with Gasteiger partial charge in [-0.25, -0.2) is 0 Å². The number of carbonyl (C=O) groups is 1. The third kappa shape index (κ3) is 5.26. The Hall–Kier alpha value is -2.53. The fraction of sp³-hybridized carbons (Fsp3) is 0.269. The van der Waals surface area contributed by atoms with Gasteiger partial charge in [-0.05, 0) is 36.2 Å². The first-order chi connectivity index (χ1) is 15.5. The maximum Gasteiger partial charge on any atom is 0.263 e. The number of rotatable bonds is 6. The molecule has 3 aromatic carbocycles. The Balaban J connectivity index is 1.42. The Kier molecular flexibility index (Phi) is 7.36. The van der Waals surface area contributed by atoms with Crippen LogP contribution in [-0.2, 0) is 4.79 Å². The zero-order valence-electron chi connectivity index (χ0n) is 18.0. The lowest BCUT2D eigenvalue weighted by atomic mass is 9.96. The minimum atomic E-state index is -0.626. The van der Waals surface area contributed by atoms with E-state index in [9.17, 15) is 4.79 Å². The highest BCUT2D eigenvalue weighted by molar-refractivity contribution is 6.35. The average Bonchev–Trinajstić information content (AvgIpc) is 2.82. The van der Waals surface area contributed by atoms with Gasteiger partial charge in [0.2, 0.25) is 0 Å². The Morgan fingerprint density at radius 1 is 0.844 bits per heavy atom. The summed E-state index contributed by atoms with van der Waals surface area (Å²) < 4.78 is 5.83. The molecule has 4 rings (SSSR count). The van der Waals surface area contributed by atoms with Crippen LogP contribution < -0.4 is 4.74 Å². The molecule has 1 aliphatic rings. The third-order valence-electron chi connectivity index (χ3n) is 5.77. The predicted molar refractivity (Wildman–Crippen MR) is 129 cm³/mol. The molecule has 4 nitrogen and oxygen atoms in total. The predicted octanol–water partition coefficient (Wildman–Crippen LogP) is 5.69. The molecule has 0 radical (unpaired) electrons. The van der Waals surface area contributed by atoms with Crippen molar-refractivity contribution in [1.29, 1.82) is 0 Å². The second-order valence-corrected chi connectivity index (χ2v) is 8.76. The molecule has 0 unspecified atom stereocenters. The molecule has 1 amide bonds. The number of carbonyl (C=O) groups excluding carboxylic acids is 1. The van der Waals surface area contributed by atoms with Crippen LogP contribution in [0.5, 0.6) is 5.75 Å². The van der Waals surface area contributed by atoms with Gasteiger partial charge in [0.25, 0.3) is 5.91 Å². The van der Waals surface area contributed by atoms with Gasteiger partial charge in [0.05, 0.1) is 11.1 Å². The van der Waals surface area contributed by atoms with E-state index in [-0.39, 0.29) is 11.9 Å². The standard InChI is InChI=1S/C26H26Cl2N2O2/c1-19(32-24-13-12-22(27)18-23(24)28)26(31)30-16-14-29(15-17-30)25(20-8-4-2-5-9-20)21-10-6-3-7-11-21/h2-13,18-19,25H,14-17H2,1H3/t19-/m0/s1. The normalized spacial score (nSPS) is 15.6. The lowest BCUT2D eigenvalue weighted by Gasteiger charge is -2.40. The Labute approximate surface area is 199 Å². The SMILES string of the molecule is C[C@H](Oc1ccc(Cl)cc1Cl)C(=O)N1CCN(C(c2ccccc2)c2ccccc2)CC1. The van der Waals surface area contributed by atoms with Crippen LogP contribution in [0.25, 0.3) is 0 Å². The number of hydrogen-bond donors (Lipinski definition) is 0. The molecule has 0 saturated carbocycles. The molecule has 1 fully saturated rings. The minimum absolute atomic E-state index is 0.0355. The molecule has 1 atom stereocenters. The summed E-state index contributed by atoms with van der Waals surface area (Å²) in [5.41, 5.74) is 2.51. The molecule has 0 bridgehead atoms. The van der Waals surface area contributed by atoms with E-state index < -0.39 is 6.10 Å². The van der Waals surface area contributed by atoms with Crippen LogP contribution in [-0.4, -0.2) is 48.0 Å². The number of ether oxygens (including phenoxy) is 1. The number of amides is 1. The Bertz CT molecular complexity index is 999. The number of halogens is 2. The lowest BCUT2D eigenvalue weighted by Crippen LogP contribution is -2.52. The highest BCUT2D eigenvalue weighted by atomic mass is 35.5. The van der Waals surface area contributed by atoms with Crippen molar-refractivity contribution in [2.24, 2.45) is 0 Å². The topological polar surface area (TPSA) is 32.8 Å². The number of benzene rings is 3. The summed E-state index contributed by atoms with van der Waals surface area (Å²) in [6.45, 7) is 4.63. The molecule has 3 aromatic rings. The van der Waals surface area contributed by atoms with Crippen LogP contribution in [0.3, 0.4) is 0 Å². The quantitative estimate of drug-likeness (QED) is 0.465. The fourth-order valence-electron chi connectivity index (χ4n) is 4.15. The fourth-order valence-corrected chi connectivity index (χ4v) is 4.61. The molecule has 0 aromatic heterocycles. The average molecular weight is 469 g/mol. The van der Waals surface area contributed by atoms with Crippen LogP contribution in [0.4, 0.5) is 0 Å². The van der Waals surface area contributed by atoms with Crippen LogP contribution in [0.1, 0.15) is 24.1 Å². The van der Waals surface area contributed by atoms with E-state index >= 15 is 0 Å². The highest BCUT2D eigenvalue weighted by Gasteiger charge is 2.30. The molecule has 1 saturated heterocycles. The van der Waals surface area contributed by atoms with Crippen molar-refractivity contribution in [3.63, 3.8) is 0 Å². The second kappa shape index (κ2) is 10.4. The summed E-state index contributed by atoms with van der Waals surface area (Å²) in [6, 6.07) is 26.2. The van der Waals surface area contributed by atoms with Gasteiger partial charge in [0, 0.05) is 31.2 Å². The van der Waals surface area contributed by atoms with Gasteiger partial charge in [0.1, 0.15) is 5.75 Å². The van der Waals surface area contributed by atoms with E-state index in [0.29, 0.717) is 28.9 Å². The molecule has 166 valence electrons. The van der Waals surface area contributed by atoms with E-state index in [2.05, 4.69) is 53.4 Å². The van der Waals surface area contributed by atoms with Crippen molar-refractivity contribution < 1.29 is 9.53 Å². The summed E-state index contributed by atoms with van der Waals surface area (Å²) in [6.07, 6.45) is -0.626. The highest BCUT2D eigenvalue weighted by Crippen LogP contribution is 2.30. The number of nitrogens with zero attached hydrogens (tertiary/aromatic N) is 2. The first-order valence-electron chi connectivity index (χ1n) is 10.8. The van der Waals surface area contributed by atoms with Crippen LogP contribution in [0.15, 0.2) is 78.9 Å². The van der Waals surface area contributed by atoms with E-state index in [1.54, 1.807) is 25.1 Å².